The maximum absolute atomic E-state index is 12.8. The van der Waals surface area contributed by atoms with Crippen molar-refractivity contribution in [3.63, 3.8) is 0 Å². The molecule has 2 fully saturated rings. The first-order valence-corrected chi connectivity index (χ1v) is 7.49. The molecule has 0 unspecified atom stereocenters. The summed E-state index contributed by atoms with van der Waals surface area (Å²) in [6, 6.07) is 3.64. The minimum Gasteiger partial charge on any atom is -0.381 e. The predicted octanol–water partition coefficient (Wildman–Crippen LogP) is 1.88. The molecule has 1 saturated heterocycles. The maximum atomic E-state index is 12.8. The van der Waals surface area contributed by atoms with Gasteiger partial charge >= 0.3 is 0 Å². The molecule has 0 spiro atoms. The third kappa shape index (κ3) is 2.45. The molecule has 1 aliphatic heterocycles. The van der Waals surface area contributed by atoms with E-state index in [1.165, 1.54) is 0 Å². The van der Waals surface area contributed by atoms with E-state index in [1.54, 1.807) is 38.7 Å². The summed E-state index contributed by atoms with van der Waals surface area (Å²) in [5.74, 6) is 0.0677. The van der Waals surface area contributed by atoms with Gasteiger partial charge in [-0.05, 0) is 37.8 Å². The van der Waals surface area contributed by atoms with Crippen molar-refractivity contribution < 1.29 is 14.3 Å². The van der Waals surface area contributed by atoms with Crippen LogP contribution in [0.4, 0.5) is 0 Å². The number of carbonyl (C=O) groups excluding carboxylic acids is 1. The van der Waals surface area contributed by atoms with E-state index in [4.69, 9.17) is 9.47 Å². The largest absolute Gasteiger partial charge is 0.381 e. The van der Waals surface area contributed by atoms with Crippen molar-refractivity contribution in [1.82, 2.24) is 9.88 Å². The van der Waals surface area contributed by atoms with Crippen LogP contribution in [0.25, 0.3) is 0 Å². The van der Waals surface area contributed by atoms with Crippen LogP contribution in [0, 0.1) is 0 Å². The van der Waals surface area contributed by atoms with Crippen molar-refractivity contribution >= 4 is 5.91 Å². The highest BCUT2D eigenvalue weighted by atomic mass is 16.5. The first kappa shape index (κ1) is 14.5. The molecule has 5 heteroatoms. The molecule has 2 heterocycles. The molecule has 1 amide bonds. The van der Waals surface area contributed by atoms with Crippen LogP contribution in [0.15, 0.2) is 24.5 Å². The summed E-state index contributed by atoms with van der Waals surface area (Å²) in [7, 11) is 3.51. The molecule has 3 atom stereocenters. The Kier molecular flexibility index (Phi) is 3.95. The number of rotatable bonds is 3. The van der Waals surface area contributed by atoms with Crippen LogP contribution in [0.1, 0.15) is 36.0 Å². The molecule has 0 radical (unpaired) electrons. The summed E-state index contributed by atoms with van der Waals surface area (Å²) in [5.41, 5.74) is 0.494. The van der Waals surface area contributed by atoms with Gasteiger partial charge in [-0.25, -0.2) is 0 Å². The van der Waals surface area contributed by atoms with Crippen molar-refractivity contribution in [2.24, 2.45) is 0 Å². The fourth-order valence-corrected chi connectivity index (χ4v) is 3.78. The highest BCUT2D eigenvalue weighted by Crippen LogP contribution is 2.43. The van der Waals surface area contributed by atoms with Crippen LogP contribution in [-0.4, -0.2) is 54.3 Å². The second-order valence-corrected chi connectivity index (χ2v) is 5.90. The number of carbonyl (C=O) groups is 1. The van der Waals surface area contributed by atoms with E-state index < -0.39 is 0 Å². The van der Waals surface area contributed by atoms with Crippen molar-refractivity contribution in [2.45, 2.75) is 43.4 Å². The topological polar surface area (TPSA) is 51.7 Å². The van der Waals surface area contributed by atoms with Crippen molar-refractivity contribution in [2.75, 3.05) is 20.8 Å². The number of methoxy groups -OCH3 is 2. The van der Waals surface area contributed by atoms with Crippen LogP contribution in [-0.2, 0) is 9.47 Å². The molecular weight excluding hydrogens is 268 g/mol. The molecule has 21 heavy (non-hydrogen) atoms. The lowest BCUT2D eigenvalue weighted by Gasteiger charge is -2.43. The number of ether oxygens (including phenoxy) is 2. The zero-order valence-electron chi connectivity index (χ0n) is 12.6. The first-order chi connectivity index (χ1) is 10.2. The van der Waals surface area contributed by atoms with E-state index in [9.17, 15) is 4.79 Å². The smallest absolute Gasteiger partial charge is 0.254 e. The summed E-state index contributed by atoms with van der Waals surface area (Å²) in [5, 5.41) is 0. The summed E-state index contributed by atoms with van der Waals surface area (Å²) in [4.78, 5) is 18.7. The van der Waals surface area contributed by atoms with Gasteiger partial charge in [-0.3, -0.25) is 9.78 Å². The maximum Gasteiger partial charge on any atom is 0.254 e. The molecule has 1 aliphatic carbocycles. The molecule has 1 aromatic heterocycles. The number of aromatic nitrogens is 1. The molecule has 1 saturated carbocycles. The zero-order valence-corrected chi connectivity index (χ0v) is 12.6. The molecule has 0 bridgehead atoms. The Morgan fingerprint density at radius 2 is 2.10 bits per heavy atom. The molecule has 3 rings (SSSR count). The van der Waals surface area contributed by atoms with Gasteiger partial charge in [0.05, 0.1) is 17.7 Å². The van der Waals surface area contributed by atoms with Gasteiger partial charge in [-0.15, -0.1) is 0 Å². The highest BCUT2D eigenvalue weighted by molar-refractivity contribution is 5.94. The Morgan fingerprint density at radius 1 is 1.33 bits per heavy atom. The fourth-order valence-electron chi connectivity index (χ4n) is 3.78. The highest BCUT2D eigenvalue weighted by Gasteiger charge is 2.52. The average molecular weight is 290 g/mol. The third-order valence-corrected chi connectivity index (χ3v) is 5.06. The minimum atomic E-state index is -0.197. The average Bonchev–Trinajstić information content (AvgIpc) is 2.94. The van der Waals surface area contributed by atoms with Crippen LogP contribution in [0.2, 0.25) is 0 Å². The number of nitrogens with zero attached hydrogens (tertiary/aromatic N) is 2. The van der Waals surface area contributed by atoms with Gasteiger partial charge in [0.2, 0.25) is 0 Å². The van der Waals surface area contributed by atoms with Crippen molar-refractivity contribution in [1.29, 1.82) is 0 Å². The molecule has 114 valence electrons. The Morgan fingerprint density at radius 3 is 2.76 bits per heavy atom. The monoisotopic (exact) mass is 290 g/mol. The second-order valence-electron chi connectivity index (χ2n) is 5.90. The number of likely N-dealkylation sites (tertiary alicyclic amines) is 1. The van der Waals surface area contributed by atoms with Gasteiger partial charge < -0.3 is 14.4 Å². The lowest BCUT2D eigenvalue weighted by atomic mass is 9.79. The third-order valence-electron chi connectivity index (χ3n) is 5.06. The van der Waals surface area contributed by atoms with E-state index in [-0.39, 0.29) is 23.7 Å². The summed E-state index contributed by atoms with van der Waals surface area (Å²) in [6.07, 6.45) is 7.23. The summed E-state index contributed by atoms with van der Waals surface area (Å²) in [6.45, 7) is 0.746. The van der Waals surface area contributed by atoms with E-state index in [1.807, 2.05) is 4.90 Å². The number of amides is 1. The number of hydrogen-bond donors (Lipinski definition) is 0. The number of fused-ring (bicyclic) bond motifs is 1. The van der Waals surface area contributed by atoms with Gasteiger partial charge in [0.1, 0.15) is 0 Å². The molecular formula is C16H22N2O3. The van der Waals surface area contributed by atoms with Crippen LogP contribution >= 0.6 is 0 Å². The Bertz CT molecular complexity index is 508. The Hall–Kier alpha value is -1.46. The van der Waals surface area contributed by atoms with Crippen molar-refractivity contribution in [3.05, 3.63) is 30.1 Å². The van der Waals surface area contributed by atoms with Gasteiger partial charge in [0.25, 0.3) is 5.91 Å². The quantitative estimate of drug-likeness (QED) is 0.853. The standard InChI is InChI=1S/C16H22N2O3/c1-20-13-3-6-16(21-2)7-10-18(14(16)11-13)15(19)12-4-8-17-9-5-12/h4-5,8-9,13-14H,3,6-7,10-11H2,1-2H3/t13-,14-,16+/m1/s1. The van der Waals surface area contributed by atoms with Crippen molar-refractivity contribution in [3.8, 4) is 0 Å². The lowest BCUT2D eigenvalue weighted by molar-refractivity contribution is -0.0893. The van der Waals surface area contributed by atoms with Crippen LogP contribution < -0.4 is 0 Å². The van der Waals surface area contributed by atoms with Gasteiger partial charge in [-0.1, -0.05) is 0 Å². The van der Waals surface area contributed by atoms with E-state index in [0.717, 1.165) is 32.2 Å². The van der Waals surface area contributed by atoms with E-state index >= 15 is 0 Å². The van der Waals surface area contributed by atoms with Gasteiger partial charge in [0.15, 0.2) is 0 Å². The van der Waals surface area contributed by atoms with Crippen LogP contribution in [0.5, 0.6) is 0 Å². The normalized spacial score (nSPS) is 32.0. The molecule has 0 aromatic carbocycles. The molecule has 2 aliphatic rings. The minimum absolute atomic E-state index is 0.0677. The van der Waals surface area contributed by atoms with Gasteiger partial charge in [0, 0.05) is 38.7 Å². The molecule has 0 N–H and O–H groups in total. The summed E-state index contributed by atoms with van der Waals surface area (Å²) >= 11 is 0. The summed E-state index contributed by atoms with van der Waals surface area (Å²) < 4.78 is 11.4. The SMILES string of the molecule is CO[C@@H]1CC[C@]2(OC)CCN(C(=O)c3ccncc3)[C@@H]2C1. The second kappa shape index (κ2) is 5.73. The Balaban J connectivity index is 1.85. The number of pyridine rings is 1. The predicted molar refractivity (Wildman–Crippen MR) is 78.1 cm³/mol. The lowest BCUT2D eigenvalue weighted by Crippen LogP contribution is -2.53. The zero-order chi connectivity index (χ0) is 14.9. The molecule has 1 aromatic rings. The number of hydrogen-bond acceptors (Lipinski definition) is 4. The first-order valence-electron chi connectivity index (χ1n) is 7.49. The van der Waals surface area contributed by atoms with Gasteiger partial charge in [-0.2, -0.15) is 0 Å². The van der Waals surface area contributed by atoms with Crippen LogP contribution in [0.3, 0.4) is 0 Å². The van der Waals surface area contributed by atoms with E-state index in [0.29, 0.717) is 5.56 Å². The fraction of sp³-hybridized carbons (Fsp3) is 0.625. The Labute approximate surface area is 125 Å². The van der Waals surface area contributed by atoms with E-state index in [2.05, 4.69) is 4.98 Å². The molecule has 5 nitrogen and oxygen atoms in total.